The van der Waals surface area contributed by atoms with Crippen molar-refractivity contribution >= 4 is 41.7 Å². The van der Waals surface area contributed by atoms with Gasteiger partial charge in [0.15, 0.2) is 5.96 Å². The first-order chi connectivity index (χ1) is 15.6. The molecule has 0 spiro atoms. The first-order valence-corrected chi connectivity index (χ1v) is 11.5. The van der Waals surface area contributed by atoms with Gasteiger partial charge in [0.2, 0.25) is 0 Å². The number of amides is 1. The number of aromatic nitrogens is 1. The molecule has 8 heteroatoms. The number of hydrogen-bond acceptors (Lipinski definition) is 4. The zero-order valence-corrected chi connectivity index (χ0v) is 22.3. The highest BCUT2D eigenvalue weighted by molar-refractivity contribution is 14.0. The van der Waals surface area contributed by atoms with Crippen molar-refractivity contribution in [3.63, 3.8) is 0 Å². The molecule has 2 aromatic rings. The van der Waals surface area contributed by atoms with E-state index in [4.69, 9.17) is 0 Å². The number of carbonyl (C=O) groups is 1. The molecule has 0 unspecified atom stereocenters. The summed E-state index contributed by atoms with van der Waals surface area (Å²) in [5.74, 6) is 1.86. The molecule has 33 heavy (non-hydrogen) atoms. The van der Waals surface area contributed by atoms with Gasteiger partial charge in [-0.2, -0.15) is 0 Å². The molecule has 1 saturated heterocycles. The van der Waals surface area contributed by atoms with Crippen LogP contribution in [0.4, 0.5) is 5.82 Å². The Labute approximate surface area is 215 Å². The second-order valence-electron chi connectivity index (χ2n) is 8.43. The minimum Gasteiger partial charge on any atom is -0.357 e. The van der Waals surface area contributed by atoms with E-state index in [-0.39, 0.29) is 29.9 Å². The van der Waals surface area contributed by atoms with Crippen LogP contribution in [-0.2, 0) is 13.0 Å². The normalized spacial score (nSPS) is 14.2. The number of pyridine rings is 1. The number of aliphatic imine (C=N–C) groups is 1. The van der Waals surface area contributed by atoms with Gasteiger partial charge in [-0.1, -0.05) is 25.0 Å². The lowest BCUT2D eigenvalue weighted by Crippen LogP contribution is -2.38. The molecule has 0 radical (unpaired) electrons. The van der Waals surface area contributed by atoms with Gasteiger partial charge in [-0.3, -0.25) is 9.79 Å². The molecule has 1 amide bonds. The average molecular weight is 565 g/mol. The first-order valence-electron chi connectivity index (χ1n) is 11.5. The van der Waals surface area contributed by atoms with Gasteiger partial charge in [0.25, 0.3) is 5.91 Å². The number of nitrogens with zero attached hydrogens (tertiary/aromatic N) is 4. The third-order valence-electron chi connectivity index (χ3n) is 5.71. The first kappa shape index (κ1) is 26.9. The van der Waals surface area contributed by atoms with Gasteiger partial charge in [0, 0.05) is 59.1 Å². The molecule has 0 saturated carbocycles. The van der Waals surface area contributed by atoms with E-state index in [1.165, 1.54) is 31.2 Å². The van der Waals surface area contributed by atoms with Crippen LogP contribution in [0.2, 0.25) is 0 Å². The molecule has 2 N–H and O–H groups in total. The molecule has 1 aliphatic rings. The fourth-order valence-electron chi connectivity index (χ4n) is 3.89. The summed E-state index contributed by atoms with van der Waals surface area (Å²) in [5.41, 5.74) is 3.03. The molecule has 0 aliphatic carbocycles. The minimum atomic E-state index is 0. The molecule has 7 nitrogen and oxygen atoms in total. The van der Waals surface area contributed by atoms with Gasteiger partial charge < -0.3 is 20.4 Å². The Bertz CT molecular complexity index is 909. The van der Waals surface area contributed by atoms with E-state index in [0.717, 1.165) is 43.4 Å². The highest BCUT2D eigenvalue weighted by Crippen LogP contribution is 2.18. The Hall–Kier alpha value is -2.36. The summed E-state index contributed by atoms with van der Waals surface area (Å²) >= 11 is 0. The third-order valence-corrected chi connectivity index (χ3v) is 5.71. The number of benzene rings is 1. The summed E-state index contributed by atoms with van der Waals surface area (Å²) in [5, 5.41) is 6.75. The maximum atomic E-state index is 12.2. The lowest BCUT2D eigenvalue weighted by atomic mass is 10.1. The van der Waals surface area contributed by atoms with E-state index < -0.39 is 0 Å². The second-order valence-corrected chi connectivity index (χ2v) is 8.43. The summed E-state index contributed by atoms with van der Waals surface area (Å²) in [6, 6.07) is 12.0. The molecule has 1 aromatic heterocycles. The van der Waals surface area contributed by atoms with Crippen molar-refractivity contribution in [2.75, 3.05) is 45.7 Å². The van der Waals surface area contributed by atoms with Gasteiger partial charge in [0.1, 0.15) is 5.82 Å². The predicted octanol–water partition coefficient (Wildman–Crippen LogP) is 3.69. The topological polar surface area (TPSA) is 72.9 Å². The summed E-state index contributed by atoms with van der Waals surface area (Å²) in [6.07, 6.45) is 7.82. The van der Waals surface area contributed by atoms with Gasteiger partial charge in [-0.15, -0.1) is 24.0 Å². The smallest absolute Gasteiger partial charge is 0.253 e. The van der Waals surface area contributed by atoms with Crippen LogP contribution >= 0.6 is 24.0 Å². The summed E-state index contributed by atoms with van der Waals surface area (Å²) in [7, 11) is 5.32. The van der Waals surface area contributed by atoms with Crippen LogP contribution in [0.1, 0.15) is 47.2 Å². The fraction of sp³-hybridized carbons (Fsp3) is 0.480. The maximum absolute atomic E-state index is 12.2. The predicted molar refractivity (Wildman–Crippen MR) is 147 cm³/mol. The molecule has 2 heterocycles. The lowest BCUT2D eigenvalue weighted by Gasteiger charge is -2.22. The van der Waals surface area contributed by atoms with Gasteiger partial charge in [-0.25, -0.2) is 4.98 Å². The van der Waals surface area contributed by atoms with E-state index in [0.29, 0.717) is 12.1 Å². The van der Waals surface area contributed by atoms with Gasteiger partial charge in [0.05, 0.1) is 0 Å². The van der Waals surface area contributed by atoms with E-state index in [1.807, 2.05) is 30.5 Å². The molecular formula is C25H37IN6O. The Balaban J connectivity index is 0.00000385. The second kappa shape index (κ2) is 14.0. The molecule has 0 bridgehead atoms. The molecular weight excluding hydrogens is 527 g/mol. The van der Waals surface area contributed by atoms with Gasteiger partial charge in [-0.05, 0) is 54.7 Å². The van der Waals surface area contributed by atoms with E-state index in [1.54, 1.807) is 26.0 Å². The van der Waals surface area contributed by atoms with Crippen LogP contribution in [0.15, 0.2) is 47.6 Å². The van der Waals surface area contributed by atoms with Crippen molar-refractivity contribution in [1.82, 2.24) is 20.5 Å². The highest BCUT2D eigenvalue weighted by Gasteiger charge is 2.12. The van der Waals surface area contributed by atoms with E-state index in [2.05, 4.69) is 37.6 Å². The van der Waals surface area contributed by atoms with Crippen molar-refractivity contribution in [2.24, 2.45) is 4.99 Å². The minimum absolute atomic E-state index is 0. The molecule has 1 fully saturated rings. The number of guanidine groups is 1. The number of carbonyl (C=O) groups excluding carboxylic acids is 1. The molecule has 0 atom stereocenters. The Morgan fingerprint density at radius 1 is 1.06 bits per heavy atom. The quantitative estimate of drug-likeness (QED) is 0.305. The van der Waals surface area contributed by atoms with Crippen LogP contribution in [0.25, 0.3) is 0 Å². The van der Waals surface area contributed by atoms with Gasteiger partial charge >= 0.3 is 0 Å². The zero-order valence-electron chi connectivity index (χ0n) is 20.0. The van der Waals surface area contributed by atoms with E-state index in [9.17, 15) is 4.79 Å². The SMILES string of the molecule is CN=C(NCCc1cccc(C(=O)N(C)C)c1)NCc1ccnc(N2CCCCCC2)c1.I. The van der Waals surface area contributed by atoms with E-state index >= 15 is 0 Å². The van der Waals surface area contributed by atoms with Crippen LogP contribution in [0.3, 0.4) is 0 Å². The van der Waals surface area contributed by atoms with Crippen molar-refractivity contribution in [2.45, 2.75) is 38.6 Å². The summed E-state index contributed by atoms with van der Waals surface area (Å²) in [6.45, 7) is 3.60. The molecule has 3 rings (SSSR count). The molecule has 1 aromatic carbocycles. The zero-order chi connectivity index (χ0) is 22.8. The Morgan fingerprint density at radius 3 is 2.52 bits per heavy atom. The maximum Gasteiger partial charge on any atom is 0.253 e. The largest absolute Gasteiger partial charge is 0.357 e. The van der Waals surface area contributed by atoms with Crippen LogP contribution < -0.4 is 15.5 Å². The van der Waals surface area contributed by atoms with Crippen molar-refractivity contribution in [3.05, 3.63) is 59.3 Å². The molecule has 180 valence electrons. The number of halogens is 1. The van der Waals surface area contributed by atoms with Crippen molar-refractivity contribution < 1.29 is 4.79 Å². The Morgan fingerprint density at radius 2 is 1.82 bits per heavy atom. The van der Waals surface area contributed by atoms with Crippen molar-refractivity contribution in [1.29, 1.82) is 0 Å². The van der Waals surface area contributed by atoms with Crippen molar-refractivity contribution in [3.8, 4) is 0 Å². The number of anilines is 1. The summed E-state index contributed by atoms with van der Waals surface area (Å²) in [4.78, 5) is 25.1. The molecule has 1 aliphatic heterocycles. The van der Waals surface area contributed by atoms with Crippen LogP contribution in [0.5, 0.6) is 0 Å². The van der Waals surface area contributed by atoms with Crippen LogP contribution in [0, 0.1) is 0 Å². The Kier molecular flexibility index (Phi) is 11.4. The lowest BCUT2D eigenvalue weighted by molar-refractivity contribution is 0.0827. The highest BCUT2D eigenvalue weighted by atomic mass is 127. The standard InChI is InChI=1S/C25H36N6O.HI/c1-26-25(28-14-11-20-9-8-10-22(17-20)24(32)30(2)3)29-19-21-12-13-27-23(18-21)31-15-6-4-5-7-16-31;/h8-10,12-13,17-18H,4-7,11,14-16,19H2,1-3H3,(H2,26,28,29);1H. The van der Waals surface area contributed by atoms with Crippen LogP contribution in [-0.4, -0.2) is 62.5 Å². The fourth-order valence-corrected chi connectivity index (χ4v) is 3.89. The number of hydrogen-bond donors (Lipinski definition) is 2. The third kappa shape index (κ3) is 8.49. The number of nitrogens with one attached hydrogen (secondary N) is 2. The monoisotopic (exact) mass is 564 g/mol. The number of rotatable bonds is 7. The average Bonchev–Trinajstić information content (AvgIpc) is 3.11. The summed E-state index contributed by atoms with van der Waals surface area (Å²) < 4.78 is 0.